The Labute approximate surface area is 137 Å². The summed E-state index contributed by atoms with van der Waals surface area (Å²) in [4.78, 5) is 5.27. The number of thiazole rings is 1. The minimum atomic E-state index is -0.279. The highest BCUT2D eigenvalue weighted by Crippen LogP contribution is 2.21. The summed E-state index contributed by atoms with van der Waals surface area (Å²) in [5.41, 5.74) is 2.50. The summed E-state index contributed by atoms with van der Waals surface area (Å²) < 4.78 is 20.3. The van der Waals surface area contributed by atoms with Crippen molar-refractivity contribution in [3.63, 3.8) is 0 Å². The first-order valence-corrected chi connectivity index (χ1v) is 8.14. The molecule has 0 saturated carbocycles. The van der Waals surface area contributed by atoms with E-state index in [0.29, 0.717) is 10.5 Å². The predicted molar refractivity (Wildman–Crippen MR) is 90.4 cm³/mol. The lowest BCUT2D eigenvalue weighted by molar-refractivity contribution is 0.575. The summed E-state index contributed by atoms with van der Waals surface area (Å²) in [5.74, 6) is 0.452. The van der Waals surface area contributed by atoms with E-state index in [1.54, 1.807) is 23.1 Å². The van der Waals surface area contributed by atoms with E-state index in [0.717, 1.165) is 23.6 Å². The molecule has 0 unspecified atom stereocenters. The van der Waals surface area contributed by atoms with Gasteiger partial charge in [0.1, 0.15) is 11.5 Å². The van der Waals surface area contributed by atoms with Crippen LogP contribution in [-0.2, 0) is 0 Å². The highest BCUT2D eigenvalue weighted by molar-refractivity contribution is 7.07. The summed E-state index contributed by atoms with van der Waals surface area (Å²) in [6, 6.07) is 9.79. The molecule has 0 spiro atoms. The predicted octanol–water partition coefficient (Wildman–Crippen LogP) is 4.82. The van der Waals surface area contributed by atoms with E-state index in [1.807, 2.05) is 24.4 Å². The van der Waals surface area contributed by atoms with Crippen molar-refractivity contribution in [3.05, 3.63) is 58.7 Å². The molecule has 3 rings (SSSR count). The monoisotopic (exact) mass is 329 g/mol. The molecule has 0 bridgehead atoms. The zero-order chi connectivity index (χ0) is 16.2. The van der Waals surface area contributed by atoms with Crippen LogP contribution in [0.1, 0.15) is 20.3 Å². The van der Waals surface area contributed by atoms with Crippen LogP contribution in [0.25, 0.3) is 11.5 Å². The third-order valence-electron chi connectivity index (χ3n) is 3.29. The summed E-state index contributed by atoms with van der Waals surface area (Å²) in [6.07, 6.45) is 2.47. The molecule has 118 valence electrons. The Balaban J connectivity index is 2.15. The Bertz CT molecular complexity index is 873. The summed E-state index contributed by atoms with van der Waals surface area (Å²) in [6.45, 7) is 4.02. The number of benzene rings is 1. The van der Waals surface area contributed by atoms with Gasteiger partial charge in [0.2, 0.25) is 4.80 Å². The molecule has 2 aromatic heterocycles. The standard InChI is InChI=1S/C17H16FN3OS/c1-3-12(2)20-21-15(16-5-4-10-22-16)11-23-17(21)19-14-8-6-13(18)7-9-14/h4-11H,3H2,1-2H3. The lowest BCUT2D eigenvalue weighted by Gasteiger charge is -2.02. The quantitative estimate of drug-likeness (QED) is 0.633. The van der Waals surface area contributed by atoms with Gasteiger partial charge < -0.3 is 4.42 Å². The van der Waals surface area contributed by atoms with Crippen molar-refractivity contribution in [3.8, 4) is 11.5 Å². The first-order valence-electron chi connectivity index (χ1n) is 7.26. The van der Waals surface area contributed by atoms with Gasteiger partial charge in [0, 0.05) is 11.1 Å². The fraction of sp³-hybridized carbons (Fsp3) is 0.176. The van der Waals surface area contributed by atoms with Crippen LogP contribution >= 0.6 is 11.3 Å². The number of nitrogens with zero attached hydrogens (tertiary/aromatic N) is 3. The number of hydrogen-bond donors (Lipinski definition) is 0. The number of aromatic nitrogens is 1. The fourth-order valence-electron chi connectivity index (χ4n) is 1.94. The molecular formula is C17H16FN3OS. The lowest BCUT2D eigenvalue weighted by Crippen LogP contribution is -2.13. The van der Waals surface area contributed by atoms with Gasteiger partial charge in [-0.15, -0.1) is 11.3 Å². The molecule has 0 saturated heterocycles. The molecule has 0 atom stereocenters. The van der Waals surface area contributed by atoms with E-state index in [9.17, 15) is 4.39 Å². The number of hydrogen-bond acceptors (Lipinski definition) is 4. The molecule has 0 aliphatic rings. The number of halogens is 1. The van der Waals surface area contributed by atoms with Gasteiger partial charge in [0.25, 0.3) is 0 Å². The van der Waals surface area contributed by atoms with Gasteiger partial charge in [-0.2, -0.15) is 5.10 Å². The number of furan rings is 1. The van der Waals surface area contributed by atoms with Crippen molar-refractivity contribution in [2.75, 3.05) is 0 Å². The van der Waals surface area contributed by atoms with Crippen molar-refractivity contribution >= 4 is 22.7 Å². The molecule has 0 N–H and O–H groups in total. The Morgan fingerprint density at radius 3 is 2.70 bits per heavy atom. The Morgan fingerprint density at radius 2 is 2.04 bits per heavy atom. The molecular weight excluding hydrogens is 313 g/mol. The zero-order valence-corrected chi connectivity index (χ0v) is 13.7. The first kappa shape index (κ1) is 15.4. The van der Waals surface area contributed by atoms with Crippen molar-refractivity contribution in [1.29, 1.82) is 0 Å². The second-order valence-corrected chi connectivity index (χ2v) is 5.81. The van der Waals surface area contributed by atoms with Crippen LogP contribution in [0.3, 0.4) is 0 Å². The molecule has 2 heterocycles. The molecule has 23 heavy (non-hydrogen) atoms. The average molecular weight is 329 g/mol. The van der Waals surface area contributed by atoms with Gasteiger partial charge >= 0.3 is 0 Å². The molecule has 1 aromatic carbocycles. The highest BCUT2D eigenvalue weighted by atomic mass is 32.1. The van der Waals surface area contributed by atoms with E-state index < -0.39 is 0 Å². The van der Waals surface area contributed by atoms with Crippen molar-refractivity contribution in [2.24, 2.45) is 10.1 Å². The maximum absolute atomic E-state index is 13.0. The third-order valence-corrected chi connectivity index (χ3v) is 4.11. The zero-order valence-electron chi connectivity index (χ0n) is 12.9. The Morgan fingerprint density at radius 1 is 1.26 bits per heavy atom. The van der Waals surface area contributed by atoms with E-state index in [2.05, 4.69) is 17.0 Å². The topological polar surface area (TPSA) is 42.8 Å². The Kier molecular flexibility index (Phi) is 4.52. The molecule has 4 nitrogen and oxygen atoms in total. The highest BCUT2D eigenvalue weighted by Gasteiger charge is 2.10. The van der Waals surface area contributed by atoms with Crippen LogP contribution in [0, 0.1) is 5.82 Å². The summed E-state index contributed by atoms with van der Waals surface area (Å²) >= 11 is 1.46. The second kappa shape index (κ2) is 6.75. The number of rotatable bonds is 4. The van der Waals surface area contributed by atoms with Gasteiger partial charge in [0.15, 0.2) is 5.76 Å². The smallest absolute Gasteiger partial charge is 0.211 e. The van der Waals surface area contributed by atoms with Gasteiger partial charge in [-0.1, -0.05) is 6.92 Å². The van der Waals surface area contributed by atoms with Crippen LogP contribution < -0.4 is 4.80 Å². The second-order valence-electron chi connectivity index (χ2n) is 4.97. The molecule has 0 amide bonds. The van der Waals surface area contributed by atoms with Gasteiger partial charge in [0.05, 0.1) is 12.0 Å². The summed E-state index contributed by atoms with van der Waals surface area (Å²) in [5, 5.41) is 6.58. The molecule has 0 radical (unpaired) electrons. The van der Waals surface area contributed by atoms with E-state index >= 15 is 0 Å². The minimum absolute atomic E-state index is 0.279. The van der Waals surface area contributed by atoms with E-state index in [-0.39, 0.29) is 5.82 Å². The van der Waals surface area contributed by atoms with Crippen molar-refractivity contribution in [2.45, 2.75) is 20.3 Å². The normalized spacial score (nSPS) is 12.8. The molecule has 0 aliphatic heterocycles. The van der Waals surface area contributed by atoms with Crippen molar-refractivity contribution < 1.29 is 8.81 Å². The van der Waals surface area contributed by atoms with Crippen LogP contribution in [0.5, 0.6) is 0 Å². The van der Waals surface area contributed by atoms with Gasteiger partial charge in [-0.3, -0.25) is 0 Å². The van der Waals surface area contributed by atoms with Gasteiger partial charge in [-0.05, 0) is 49.7 Å². The van der Waals surface area contributed by atoms with Crippen LogP contribution in [0.4, 0.5) is 10.1 Å². The largest absolute Gasteiger partial charge is 0.463 e. The van der Waals surface area contributed by atoms with Crippen molar-refractivity contribution in [1.82, 2.24) is 4.68 Å². The van der Waals surface area contributed by atoms with Crippen LogP contribution in [-0.4, -0.2) is 10.4 Å². The molecule has 3 aromatic rings. The van der Waals surface area contributed by atoms with Gasteiger partial charge in [-0.25, -0.2) is 14.1 Å². The maximum Gasteiger partial charge on any atom is 0.211 e. The first-order chi connectivity index (χ1) is 11.2. The van der Waals surface area contributed by atoms with Crippen LogP contribution in [0.2, 0.25) is 0 Å². The van der Waals surface area contributed by atoms with E-state index in [1.165, 1.54) is 23.5 Å². The SMILES string of the molecule is CCC(C)=Nn1c(-c2ccco2)csc1=Nc1ccc(F)cc1. The molecule has 6 heteroatoms. The fourth-order valence-corrected chi connectivity index (χ4v) is 2.77. The molecule has 0 aliphatic carbocycles. The summed E-state index contributed by atoms with van der Waals surface area (Å²) in [7, 11) is 0. The minimum Gasteiger partial charge on any atom is -0.463 e. The van der Waals surface area contributed by atoms with E-state index in [4.69, 9.17) is 4.42 Å². The average Bonchev–Trinajstić information content (AvgIpc) is 3.20. The Hall–Kier alpha value is -2.47. The molecule has 0 fully saturated rings. The maximum atomic E-state index is 13.0. The lowest BCUT2D eigenvalue weighted by atomic mass is 10.3. The third kappa shape index (κ3) is 3.48. The van der Waals surface area contributed by atoms with Crippen LogP contribution in [0.15, 0.2) is 62.6 Å².